The Labute approximate surface area is 205 Å². The van der Waals surface area contributed by atoms with Crippen molar-refractivity contribution in [1.29, 1.82) is 5.26 Å². The third-order valence-electron chi connectivity index (χ3n) is 6.47. The lowest BCUT2D eigenvalue weighted by molar-refractivity contribution is 0.195. The van der Waals surface area contributed by atoms with Crippen molar-refractivity contribution in [2.75, 3.05) is 13.7 Å². The molecule has 0 aliphatic rings. The number of ether oxygens (including phenoxy) is 1. The Balaban J connectivity index is 1.38. The van der Waals surface area contributed by atoms with E-state index in [2.05, 4.69) is 30.3 Å². The number of benzene rings is 4. The maximum absolute atomic E-state index is 15.2. The molecule has 4 rings (SSSR count). The Hall–Kier alpha value is -3.55. The lowest BCUT2D eigenvalue weighted by Crippen LogP contribution is -1.98. The Morgan fingerprint density at radius 3 is 2.06 bits per heavy atom. The van der Waals surface area contributed by atoms with Crippen LogP contribution in [0.5, 0.6) is 0 Å². The van der Waals surface area contributed by atoms with Crippen molar-refractivity contribution in [2.45, 2.75) is 38.5 Å². The van der Waals surface area contributed by atoms with Crippen LogP contribution in [0.1, 0.15) is 39.8 Å². The molecule has 2 nitrogen and oxygen atoms in total. The first-order chi connectivity index (χ1) is 17.1. The van der Waals surface area contributed by atoms with Gasteiger partial charge >= 0.3 is 0 Å². The number of nitrogens with zero attached hydrogens (tertiary/aromatic N) is 1. The lowest BCUT2D eigenvalue weighted by atomic mass is 9.97. The smallest absolute Gasteiger partial charge is 0.141 e. The minimum Gasteiger partial charge on any atom is -0.385 e. The summed E-state index contributed by atoms with van der Waals surface area (Å²) in [4.78, 5) is 0. The number of hydrogen-bond donors (Lipinski definition) is 0. The highest BCUT2D eigenvalue weighted by atomic mass is 19.1. The molecule has 4 heteroatoms. The van der Waals surface area contributed by atoms with Crippen LogP contribution in [0.4, 0.5) is 8.78 Å². The van der Waals surface area contributed by atoms with Crippen LogP contribution in [0, 0.1) is 23.0 Å². The van der Waals surface area contributed by atoms with Crippen LogP contribution < -0.4 is 0 Å². The van der Waals surface area contributed by atoms with Crippen LogP contribution >= 0.6 is 0 Å². The molecule has 0 radical (unpaired) electrons. The first-order valence-corrected chi connectivity index (χ1v) is 12.0. The highest BCUT2D eigenvalue weighted by Crippen LogP contribution is 2.24. The summed E-state index contributed by atoms with van der Waals surface area (Å²) < 4.78 is 34.1. The second-order valence-electron chi connectivity index (χ2n) is 8.93. The van der Waals surface area contributed by atoms with Crippen LogP contribution in [0.15, 0.2) is 72.8 Å². The van der Waals surface area contributed by atoms with Gasteiger partial charge in [0.05, 0.1) is 5.56 Å². The molecule has 4 aromatic rings. The SMILES string of the molecule is COCCCc1ccc(CCc2ccc3c(F)c(CCc4ccc(C#N)c(F)c4)ccc3c2)cc1. The molecule has 4 aromatic carbocycles. The number of halogens is 2. The molecule has 0 N–H and O–H groups in total. The van der Waals surface area contributed by atoms with Crippen molar-refractivity contribution < 1.29 is 13.5 Å². The van der Waals surface area contributed by atoms with E-state index >= 15 is 4.39 Å². The van der Waals surface area contributed by atoms with Crippen molar-refractivity contribution in [2.24, 2.45) is 0 Å². The molecule has 0 saturated carbocycles. The summed E-state index contributed by atoms with van der Waals surface area (Å²) in [6.07, 6.45) is 4.86. The van der Waals surface area contributed by atoms with E-state index < -0.39 is 5.82 Å². The molecule has 0 saturated heterocycles. The summed E-state index contributed by atoms with van der Waals surface area (Å²) in [5.74, 6) is -0.748. The summed E-state index contributed by atoms with van der Waals surface area (Å²) in [6.45, 7) is 0.781. The molecule has 0 bridgehead atoms. The number of aryl methyl sites for hydroxylation is 5. The average molecular weight is 470 g/mol. The minimum absolute atomic E-state index is 0.0244. The molecule has 0 heterocycles. The van der Waals surface area contributed by atoms with E-state index in [1.54, 1.807) is 13.2 Å². The van der Waals surface area contributed by atoms with Gasteiger partial charge in [-0.15, -0.1) is 0 Å². The van der Waals surface area contributed by atoms with Gasteiger partial charge in [-0.05, 0) is 83.9 Å². The monoisotopic (exact) mass is 469 g/mol. The van der Waals surface area contributed by atoms with E-state index in [-0.39, 0.29) is 11.4 Å². The third-order valence-corrected chi connectivity index (χ3v) is 6.47. The maximum Gasteiger partial charge on any atom is 0.141 e. The molecule has 0 unspecified atom stereocenters. The number of rotatable bonds is 10. The first kappa shape index (κ1) is 24.6. The third kappa shape index (κ3) is 6.32. The molecule has 178 valence electrons. The topological polar surface area (TPSA) is 33.0 Å². The van der Waals surface area contributed by atoms with Crippen LogP contribution in [-0.2, 0) is 36.8 Å². The first-order valence-electron chi connectivity index (χ1n) is 12.0. The zero-order valence-electron chi connectivity index (χ0n) is 20.0. The molecular weight excluding hydrogens is 440 g/mol. The molecule has 35 heavy (non-hydrogen) atoms. The van der Waals surface area contributed by atoms with Gasteiger partial charge in [0, 0.05) is 19.1 Å². The van der Waals surface area contributed by atoms with Crippen LogP contribution in [-0.4, -0.2) is 13.7 Å². The number of methoxy groups -OCH3 is 1. The van der Waals surface area contributed by atoms with Gasteiger partial charge in [0.1, 0.15) is 17.7 Å². The maximum atomic E-state index is 15.2. The lowest BCUT2D eigenvalue weighted by Gasteiger charge is -2.10. The Morgan fingerprint density at radius 1 is 0.714 bits per heavy atom. The molecule has 0 atom stereocenters. The number of hydrogen-bond acceptors (Lipinski definition) is 2. The molecule has 0 fully saturated rings. The summed E-state index contributed by atoms with van der Waals surface area (Å²) in [5, 5.41) is 10.4. The van der Waals surface area contributed by atoms with Gasteiger partial charge in [-0.25, -0.2) is 8.78 Å². The molecule has 0 amide bonds. The van der Waals surface area contributed by atoms with Crippen molar-refractivity contribution in [1.82, 2.24) is 0 Å². The largest absolute Gasteiger partial charge is 0.385 e. The normalized spacial score (nSPS) is 11.0. The zero-order chi connectivity index (χ0) is 24.6. The predicted octanol–water partition coefficient (Wildman–Crippen LogP) is 7.14. The van der Waals surface area contributed by atoms with Gasteiger partial charge in [0.15, 0.2) is 0 Å². The fourth-order valence-corrected chi connectivity index (χ4v) is 4.40. The van der Waals surface area contributed by atoms with E-state index in [1.165, 1.54) is 28.8 Å². The van der Waals surface area contributed by atoms with Crippen LogP contribution in [0.3, 0.4) is 0 Å². The predicted molar refractivity (Wildman–Crippen MR) is 136 cm³/mol. The van der Waals surface area contributed by atoms with Crippen molar-refractivity contribution >= 4 is 10.8 Å². The molecule has 0 spiro atoms. The highest BCUT2D eigenvalue weighted by Gasteiger charge is 2.10. The van der Waals surface area contributed by atoms with Crippen molar-refractivity contribution in [3.05, 3.63) is 118 Å². The Morgan fingerprint density at radius 2 is 1.34 bits per heavy atom. The minimum atomic E-state index is -0.533. The van der Waals surface area contributed by atoms with Gasteiger partial charge in [0.2, 0.25) is 0 Å². The standard InChI is InChI=1S/C31H29F2NO/c1-35-18-2-3-22-4-6-23(7-5-22)8-9-24-12-17-29-27(19-24)16-15-26(31(29)33)13-10-25-11-14-28(21-34)30(32)20-25/h4-7,11-12,14-17,19-20H,2-3,8-10,13,18H2,1H3. The second-order valence-corrected chi connectivity index (χ2v) is 8.93. The zero-order valence-corrected chi connectivity index (χ0v) is 20.0. The number of fused-ring (bicyclic) bond motifs is 1. The quantitative estimate of drug-likeness (QED) is 0.231. The van der Waals surface area contributed by atoms with E-state index in [1.807, 2.05) is 30.3 Å². The van der Waals surface area contributed by atoms with Crippen LogP contribution in [0.2, 0.25) is 0 Å². The Kier molecular flexibility index (Phi) is 8.23. The van der Waals surface area contributed by atoms with Gasteiger partial charge in [-0.2, -0.15) is 5.26 Å². The van der Waals surface area contributed by atoms with E-state index in [0.717, 1.165) is 43.2 Å². The summed E-state index contributed by atoms with van der Waals surface area (Å²) in [6, 6.07) is 24.9. The second kappa shape index (κ2) is 11.7. The van der Waals surface area contributed by atoms with Gasteiger partial charge in [0.25, 0.3) is 0 Å². The molecule has 0 aliphatic heterocycles. The van der Waals surface area contributed by atoms with E-state index in [4.69, 9.17) is 10.00 Å². The fraction of sp³-hybridized carbons (Fsp3) is 0.258. The van der Waals surface area contributed by atoms with Crippen LogP contribution in [0.25, 0.3) is 10.8 Å². The summed E-state index contributed by atoms with van der Waals surface area (Å²) >= 11 is 0. The Bertz CT molecular complexity index is 1340. The summed E-state index contributed by atoms with van der Waals surface area (Å²) in [7, 11) is 1.73. The van der Waals surface area contributed by atoms with Crippen molar-refractivity contribution in [3.8, 4) is 6.07 Å². The molecule has 0 aromatic heterocycles. The van der Waals surface area contributed by atoms with Crippen molar-refractivity contribution in [3.63, 3.8) is 0 Å². The van der Waals surface area contributed by atoms with Gasteiger partial charge in [-0.1, -0.05) is 60.7 Å². The number of nitriles is 1. The van der Waals surface area contributed by atoms with Gasteiger partial charge < -0.3 is 4.74 Å². The molecular formula is C31H29F2NO. The molecule has 0 aliphatic carbocycles. The van der Waals surface area contributed by atoms with E-state index in [9.17, 15) is 4.39 Å². The van der Waals surface area contributed by atoms with Gasteiger partial charge in [-0.3, -0.25) is 0 Å². The van der Waals surface area contributed by atoms with E-state index in [0.29, 0.717) is 23.8 Å². The average Bonchev–Trinajstić information content (AvgIpc) is 2.88. The summed E-state index contributed by atoms with van der Waals surface area (Å²) in [5.41, 5.74) is 5.19. The fourth-order valence-electron chi connectivity index (χ4n) is 4.40. The highest BCUT2D eigenvalue weighted by molar-refractivity contribution is 5.84.